The number of hydrogen-bond acceptors (Lipinski definition) is 5. The maximum Gasteiger partial charge on any atom is 0.291 e. The maximum atomic E-state index is 12.1. The van der Waals surface area contributed by atoms with Gasteiger partial charge in [0.05, 0.1) is 6.26 Å². The number of hydrogen-bond donors (Lipinski definition) is 3. The third-order valence-corrected chi connectivity index (χ3v) is 4.85. The molecule has 1 aromatic heterocycles. The van der Waals surface area contributed by atoms with Crippen LogP contribution in [0, 0.1) is 6.92 Å². The molecule has 0 saturated heterocycles. The molecule has 1 heterocycles. The Morgan fingerprint density at radius 3 is 2.44 bits per heavy atom. The van der Waals surface area contributed by atoms with Crippen LogP contribution in [0.2, 0.25) is 0 Å². The summed E-state index contributed by atoms with van der Waals surface area (Å²) in [5, 5.41) is 8.48. The van der Waals surface area contributed by atoms with E-state index < -0.39 is 0 Å². The van der Waals surface area contributed by atoms with Crippen LogP contribution >= 0.6 is 12.2 Å². The molecule has 0 aliphatic carbocycles. The zero-order valence-electron chi connectivity index (χ0n) is 18.1. The first kappa shape index (κ1) is 23.0. The monoisotopic (exact) mass is 451 g/mol. The Balaban J connectivity index is 1.48. The molecule has 3 N–H and O–H groups in total. The van der Waals surface area contributed by atoms with Gasteiger partial charge in [-0.2, -0.15) is 0 Å². The van der Waals surface area contributed by atoms with Gasteiger partial charge in [-0.3, -0.25) is 14.9 Å². The number of thiocarbonyl (C=S) groups is 1. The number of anilines is 2. The largest absolute Gasteiger partial charge is 0.484 e. The van der Waals surface area contributed by atoms with Crippen LogP contribution in [0.1, 0.15) is 41.4 Å². The van der Waals surface area contributed by atoms with Crippen molar-refractivity contribution < 1.29 is 18.7 Å². The van der Waals surface area contributed by atoms with Crippen LogP contribution in [0.4, 0.5) is 11.4 Å². The molecule has 0 atom stereocenters. The van der Waals surface area contributed by atoms with E-state index in [2.05, 4.69) is 29.8 Å². The normalized spacial score (nSPS) is 10.5. The molecule has 0 radical (unpaired) electrons. The van der Waals surface area contributed by atoms with E-state index in [0.717, 1.165) is 5.56 Å². The zero-order chi connectivity index (χ0) is 23.1. The van der Waals surface area contributed by atoms with Crippen molar-refractivity contribution in [2.45, 2.75) is 26.7 Å². The summed E-state index contributed by atoms with van der Waals surface area (Å²) in [4.78, 5) is 24.2. The molecule has 0 fully saturated rings. The van der Waals surface area contributed by atoms with Gasteiger partial charge in [-0.05, 0) is 78.7 Å². The summed E-state index contributed by atoms with van der Waals surface area (Å²) in [5.41, 5.74) is 3.34. The zero-order valence-corrected chi connectivity index (χ0v) is 18.9. The Kier molecular flexibility index (Phi) is 7.62. The number of carbonyl (C=O) groups is 2. The van der Waals surface area contributed by atoms with E-state index in [9.17, 15) is 9.59 Å². The van der Waals surface area contributed by atoms with E-state index in [1.807, 2.05) is 37.3 Å². The molecule has 3 aromatic rings. The van der Waals surface area contributed by atoms with Gasteiger partial charge in [0.1, 0.15) is 5.75 Å². The number of rotatable bonds is 7. The Bertz CT molecular complexity index is 1090. The van der Waals surface area contributed by atoms with Crippen molar-refractivity contribution in [1.29, 1.82) is 0 Å². The van der Waals surface area contributed by atoms with Gasteiger partial charge in [0, 0.05) is 11.4 Å². The molecule has 32 heavy (non-hydrogen) atoms. The van der Waals surface area contributed by atoms with Gasteiger partial charge in [0.15, 0.2) is 17.5 Å². The molecule has 0 aliphatic heterocycles. The van der Waals surface area contributed by atoms with Gasteiger partial charge >= 0.3 is 0 Å². The molecule has 2 amide bonds. The van der Waals surface area contributed by atoms with Crippen molar-refractivity contribution in [2.75, 3.05) is 17.2 Å². The summed E-state index contributed by atoms with van der Waals surface area (Å²) in [6.45, 7) is 5.93. The molecule has 0 bridgehead atoms. The lowest BCUT2D eigenvalue weighted by Gasteiger charge is -2.13. The molecular weight excluding hydrogens is 426 g/mol. The molecule has 0 unspecified atom stereocenters. The first-order valence-electron chi connectivity index (χ1n) is 10.1. The fourth-order valence-electron chi connectivity index (χ4n) is 2.90. The van der Waals surface area contributed by atoms with Gasteiger partial charge in [-0.25, -0.2) is 0 Å². The van der Waals surface area contributed by atoms with Crippen molar-refractivity contribution in [3.05, 3.63) is 77.7 Å². The molecule has 0 saturated carbocycles. The summed E-state index contributed by atoms with van der Waals surface area (Å²) in [6.07, 6.45) is 1.44. The van der Waals surface area contributed by atoms with Gasteiger partial charge in [0.25, 0.3) is 11.8 Å². The summed E-state index contributed by atoms with van der Waals surface area (Å²) in [5.74, 6) is 0.579. The predicted octanol–water partition coefficient (Wildman–Crippen LogP) is 4.86. The van der Waals surface area contributed by atoms with Crippen LogP contribution in [0.25, 0.3) is 0 Å². The highest BCUT2D eigenvalue weighted by molar-refractivity contribution is 7.80. The fraction of sp³-hybridized carbons (Fsp3) is 0.208. The summed E-state index contributed by atoms with van der Waals surface area (Å²) in [7, 11) is 0. The van der Waals surface area contributed by atoms with Crippen molar-refractivity contribution in [3.63, 3.8) is 0 Å². The molecule has 0 spiro atoms. The number of amides is 2. The highest BCUT2D eigenvalue weighted by atomic mass is 32.1. The summed E-state index contributed by atoms with van der Waals surface area (Å²) >= 11 is 5.21. The highest BCUT2D eigenvalue weighted by Gasteiger charge is 2.11. The van der Waals surface area contributed by atoms with E-state index in [-0.39, 0.29) is 29.3 Å². The predicted molar refractivity (Wildman–Crippen MR) is 128 cm³/mol. The lowest BCUT2D eigenvalue weighted by molar-refractivity contribution is -0.121. The number of carbonyl (C=O) groups excluding carboxylic acids is 2. The van der Waals surface area contributed by atoms with Crippen molar-refractivity contribution >= 4 is 40.5 Å². The van der Waals surface area contributed by atoms with Crippen molar-refractivity contribution in [1.82, 2.24) is 5.32 Å². The van der Waals surface area contributed by atoms with E-state index >= 15 is 0 Å². The molecule has 7 nitrogen and oxygen atoms in total. The molecule has 8 heteroatoms. The van der Waals surface area contributed by atoms with Gasteiger partial charge in [0.2, 0.25) is 0 Å². The number of aryl methyl sites for hydroxylation is 1. The average molecular weight is 452 g/mol. The minimum Gasteiger partial charge on any atom is -0.484 e. The smallest absolute Gasteiger partial charge is 0.291 e. The number of ether oxygens (including phenoxy) is 1. The van der Waals surface area contributed by atoms with Gasteiger partial charge in [-0.15, -0.1) is 0 Å². The Labute approximate surface area is 192 Å². The van der Waals surface area contributed by atoms with Crippen LogP contribution in [0.5, 0.6) is 5.75 Å². The minimum atomic E-state index is -0.366. The Morgan fingerprint density at radius 1 is 1.06 bits per heavy atom. The molecule has 166 valence electrons. The van der Waals surface area contributed by atoms with E-state index in [1.54, 1.807) is 24.3 Å². The van der Waals surface area contributed by atoms with Crippen LogP contribution < -0.4 is 20.7 Å². The van der Waals surface area contributed by atoms with E-state index in [4.69, 9.17) is 21.4 Å². The quantitative estimate of drug-likeness (QED) is 0.445. The minimum absolute atomic E-state index is 0.153. The highest BCUT2D eigenvalue weighted by Crippen LogP contribution is 2.21. The number of benzene rings is 2. The van der Waals surface area contributed by atoms with Gasteiger partial charge in [-0.1, -0.05) is 26.0 Å². The first-order valence-corrected chi connectivity index (χ1v) is 10.5. The van der Waals surface area contributed by atoms with Crippen LogP contribution in [0.3, 0.4) is 0 Å². The molecule has 0 aliphatic rings. The number of furan rings is 1. The third-order valence-electron chi connectivity index (χ3n) is 4.65. The van der Waals surface area contributed by atoms with Crippen LogP contribution in [0.15, 0.2) is 65.3 Å². The van der Waals surface area contributed by atoms with Crippen LogP contribution in [-0.2, 0) is 4.79 Å². The average Bonchev–Trinajstić information content (AvgIpc) is 3.29. The van der Waals surface area contributed by atoms with E-state index in [1.165, 1.54) is 11.8 Å². The first-order chi connectivity index (χ1) is 15.3. The molecular formula is C24H25N3O4S. The third kappa shape index (κ3) is 6.42. The number of nitrogens with one attached hydrogen (secondary N) is 3. The SMILES string of the molecule is Cc1cc(NC(=S)NC(=O)COc2ccc(C(C)C)cc2)ccc1NC(=O)c1ccco1. The Morgan fingerprint density at radius 2 is 1.81 bits per heavy atom. The summed E-state index contributed by atoms with van der Waals surface area (Å²) < 4.78 is 10.6. The maximum absolute atomic E-state index is 12.1. The van der Waals surface area contributed by atoms with Crippen molar-refractivity contribution in [2.24, 2.45) is 0 Å². The standard InChI is InChI=1S/C24H25N3O4S/c1-15(2)17-6-9-19(10-7-17)31-14-22(28)27-24(32)25-18-8-11-20(16(3)13-18)26-23(29)21-5-4-12-30-21/h4-13,15H,14H2,1-3H3,(H,26,29)(H2,25,27,28,32). The lowest BCUT2D eigenvalue weighted by atomic mass is 10.0. The Hall–Kier alpha value is -3.65. The van der Waals surface area contributed by atoms with Crippen molar-refractivity contribution in [3.8, 4) is 5.75 Å². The second-order valence-electron chi connectivity index (χ2n) is 7.48. The van der Waals surface area contributed by atoms with E-state index in [0.29, 0.717) is 23.0 Å². The topological polar surface area (TPSA) is 92.6 Å². The second kappa shape index (κ2) is 10.6. The second-order valence-corrected chi connectivity index (χ2v) is 7.88. The molecule has 2 aromatic carbocycles. The molecule has 3 rings (SSSR count). The fourth-order valence-corrected chi connectivity index (χ4v) is 3.13. The lowest BCUT2D eigenvalue weighted by Crippen LogP contribution is -2.37. The van der Waals surface area contributed by atoms with Gasteiger partial charge < -0.3 is 19.8 Å². The van der Waals surface area contributed by atoms with Crippen LogP contribution in [-0.4, -0.2) is 23.5 Å². The summed E-state index contributed by atoms with van der Waals surface area (Å²) in [6, 6.07) is 16.2.